The number of carbonyl (C=O) groups excluding carboxylic acids is 2. The lowest BCUT2D eigenvalue weighted by Crippen LogP contribution is -2.17. The van der Waals surface area contributed by atoms with Gasteiger partial charge in [0.05, 0.1) is 31.3 Å². The third kappa shape index (κ3) is 3.72. The fraction of sp³-hybridized carbons (Fsp3) is 0.308. The van der Waals surface area contributed by atoms with Crippen LogP contribution in [0.4, 0.5) is 0 Å². The first kappa shape index (κ1) is 16.6. The number of nitrogens with zero attached hydrogens (tertiary/aromatic N) is 4. The van der Waals surface area contributed by atoms with E-state index in [1.165, 1.54) is 29.3 Å². The predicted octanol–water partition coefficient (Wildman–Crippen LogP) is 0.916. The van der Waals surface area contributed by atoms with Crippen LogP contribution < -0.4 is 0 Å². The van der Waals surface area contributed by atoms with Crippen molar-refractivity contribution in [1.82, 2.24) is 15.0 Å². The van der Waals surface area contributed by atoms with Crippen molar-refractivity contribution in [1.29, 1.82) is 0 Å². The molecule has 0 bridgehead atoms. The second-order valence-electron chi connectivity index (χ2n) is 4.20. The lowest BCUT2D eigenvalue weighted by molar-refractivity contribution is -0.135. The average molecular weight is 338 g/mol. The lowest BCUT2D eigenvalue weighted by atomic mass is 10.3. The van der Waals surface area contributed by atoms with E-state index in [0.717, 1.165) is 4.88 Å². The Labute approximate surface area is 135 Å². The largest absolute Gasteiger partial charge is 0.464 e. The topological polar surface area (TPSA) is 116 Å². The first-order valence-corrected chi connectivity index (χ1v) is 7.37. The lowest BCUT2D eigenvalue weighted by Gasteiger charge is -2.03. The quantitative estimate of drug-likeness (QED) is 0.360. The fourth-order valence-electron chi connectivity index (χ4n) is 1.77. The van der Waals surface area contributed by atoms with Crippen LogP contribution in [0.1, 0.15) is 27.2 Å². The monoisotopic (exact) mass is 338 g/mol. The van der Waals surface area contributed by atoms with E-state index >= 15 is 0 Å². The van der Waals surface area contributed by atoms with Gasteiger partial charge >= 0.3 is 11.9 Å². The number of thiophene rings is 1. The van der Waals surface area contributed by atoms with Crippen LogP contribution in [0.2, 0.25) is 0 Å². The Morgan fingerprint density at radius 2 is 2.22 bits per heavy atom. The number of carbonyl (C=O) groups is 2. The van der Waals surface area contributed by atoms with Gasteiger partial charge in [-0.05, 0) is 19.1 Å². The zero-order valence-electron chi connectivity index (χ0n) is 12.4. The van der Waals surface area contributed by atoms with Crippen LogP contribution in [0.5, 0.6) is 0 Å². The Morgan fingerprint density at radius 1 is 1.43 bits per heavy atom. The van der Waals surface area contributed by atoms with Crippen LogP contribution in [0.3, 0.4) is 0 Å². The minimum absolute atomic E-state index is 0.171. The van der Waals surface area contributed by atoms with Crippen LogP contribution in [0.15, 0.2) is 23.5 Å². The van der Waals surface area contributed by atoms with Crippen LogP contribution in [-0.2, 0) is 20.8 Å². The molecule has 0 saturated carbocycles. The van der Waals surface area contributed by atoms with Crippen LogP contribution in [0, 0.1) is 0 Å². The molecule has 0 amide bonds. The van der Waals surface area contributed by atoms with Gasteiger partial charge in [0.25, 0.3) is 0 Å². The first-order chi connectivity index (χ1) is 11.1. The van der Waals surface area contributed by atoms with E-state index in [-0.39, 0.29) is 24.6 Å². The van der Waals surface area contributed by atoms with Gasteiger partial charge in [0, 0.05) is 4.88 Å². The molecule has 0 aliphatic rings. The second kappa shape index (κ2) is 7.49. The molecule has 2 aromatic heterocycles. The Morgan fingerprint density at radius 3 is 2.87 bits per heavy atom. The maximum absolute atomic E-state index is 11.7. The van der Waals surface area contributed by atoms with Gasteiger partial charge in [-0.1, -0.05) is 10.4 Å². The van der Waals surface area contributed by atoms with Gasteiger partial charge < -0.3 is 14.7 Å². The fourth-order valence-corrected chi connectivity index (χ4v) is 2.73. The summed E-state index contributed by atoms with van der Waals surface area (Å²) < 4.78 is 10.8. The zero-order chi connectivity index (χ0) is 16.8. The van der Waals surface area contributed by atoms with E-state index in [4.69, 9.17) is 9.94 Å². The molecule has 1 N–H and O–H groups in total. The van der Waals surface area contributed by atoms with E-state index in [9.17, 15) is 9.59 Å². The molecule has 0 spiro atoms. The van der Waals surface area contributed by atoms with Crippen LogP contribution in [0.25, 0.3) is 0 Å². The molecule has 2 aromatic rings. The summed E-state index contributed by atoms with van der Waals surface area (Å²) in [6.07, 6.45) is 1.31. The van der Waals surface area contributed by atoms with Crippen molar-refractivity contribution >= 4 is 29.0 Å². The minimum Gasteiger partial charge on any atom is -0.464 e. The Hall–Kier alpha value is -2.75. The number of oxime groups is 1. The highest BCUT2D eigenvalue weighted by Crippen LogP contribution is 2.19. The SMILES string of the molecule is CCOC(=O)C(=NO)c1ccc(Cn2nncc2C(=O)OC)s1. The number of aromatic nitrogens is 3. The number of rotatable bonds is 6. The highest BCUT2D eigenvalue weighted by Gasteiger charge is 2.19. The average Bonchev–Trinajstić information content (AvgIpc) is 3.18. The molecule has 0 aliphatic carbocycles. The van der Waals surface area contributed by atoms with E-state index in [1.54, 1.807) is 19.1 Å². The molecular formula is C13H14N4O5S. The van der Waals surface area contributed by atoms with Gasteiger partial charge in [-0.3, -0.25) is 0 Å². The summed E-state index contributed by atoms with van der Waals surface area (Å²) in [7, 11) is 1.27. The van der Waals surface area contributed by atoms with Gasteiger partial charge in [-0.2, -0.15) is 0 Å². The van der Waals surface area contributed by atoms with Crippen molar-refractivity contribution in [2.45, 2.75) is 13.5 Å². The summed E-state index contributed by atoms with van der Waals surface area (Å²) in [5, 5.41) is 19.5. The molecule has 122 valence electrons. The maximum atomic E-state index is 11.7. The van der Waals surface area contributed by atoms with E-state index < -0.39 is 11.9 Å². The van der Waals surface area contributed by atoms with Gasteiger partial charge in [0.2, 0.25) is 5.71 Å². The molecule has 23 heavy (non-hydrogen) atoms. The first-order valence-electron chi connectivity index (χ1n) is 6.55. The van der Waals surface area contributed by atoms with Crippen molar-refractivity contribution in [3.63, 3.8) is 0 Å². The number of ether oxygens (including phenoxy) is 2. The number of hydrogen-bond donors (Lipinski definition) is 1. The smallest absolute Gasteiger partial charge is 0.361 e. The molecule has 0 saturated heterocycles. The molecule has 0 aliphatic heterocycles. The number of methoxy groups -OCH3 is 1. The van der Waals surface area contributed by atoms with Gasteiger partial charge in [-0.15, -0.1) is 16.4 Å². The maximum Gasteiger partial charge on any atom is 0.361 e. The normalized spacial score (nSPS) is 11.3. The van der Waals surface area contributed by atoms with Crippen molar-refractivity contribution in [3.05, 3.63) is 33.8 Å². The predicted molar refractivity (Wildman–Crippen MR) is 79.7 cm³/mol. The van der Waals surface area contributed by atoms with Gasteiger partial charge in [-0.25, -0.2) is 14.3 Å². The standard InChI is InChI=1S/C13H14N4O5S/c1-3-22-13(19)11(15-20)10-5-4-8(23-10)7-17-9(6-14-16-17)12(18)21-2/h4-6,20H,3,7H2,1-2H3. The van der Waals surface area contributed by atoms with Gasteiger partial charge in [0.15, 0.2) is 5.69 Å². The Kier molecular flexibility index (Phi) is 5.41. The van der Waals surface area contributed by atoms with E-state index in [2.05, 4.69) is 20.2 Å². The van der Waals surface area contributed by atoms with Crippen molar-refractivity contribution in [2.24, 2.45) is 5.16 Å². The molecule has 0 atom stereocenters. The molecule has 0 radical (unpaired) electrons. The highest BCUT2D eigenvalue weighted by atomic mass is 32.1. The Balaban J connectivity index is 2.19. The molecule has 10 heteroatoms. The van der Waals surface area contributed by atoms with Crippen molar-refractivity contribution < 1.29 is 24.3 Å². The molecule has 0 fully saturated rings. The second-order valence-corrected chi connectivity index (χ2v) is 5.37. The minimum atomic E-state index is -0.709. The third-order valence-corrected chi connectivity index (χ3v) is 3.86. The summed E-state index contributed by atoms with van der Waals surface area (Å²) in [6, 6.07) is 3.36. The summed E-state index contributed by atoms with van der Waals surface area (Å²) in [5.41, 5.74) is 0.0405. The van der Waals surface area contributed by atoms with E-state index in [0.29, 0.717) is 4.88 Å². The summed E-state index contributed by atoms with van der Waals surface area (Å²) in [4.78, 5) is 24.5. The van der Waals surface area contributed by atoms with Crippen LogP contribution in [-0.4, -0.2) is 51.6 Å². The zero-order valence-corrected chi connectivity index (χ0v) is 13.2. The number of esters is 2. The molecule has 2 rings (SSSR count). The molecular weight excluding hydrogens is 324 g/mol. The highest BCUT2D eigenvalue weighted by molar-refractivity contribution is 7.14. The van der Waals surface area contributed by atoms with Gasteiger partial charge in [0.1, 0.15) is 0 Å². The summed E-state index contributed by atoms with van der Waals surface area (Å²) in [5.74, 6) is -1.25. The summed E-state index contributed by atoms with van der Waals surface area (Å²) >= 11 is 1.21. The third-order valence-electron chi connectivity index (χ3n) is 2.78. The van der Waals surface area contributed by atoms with E-state index in [1.807, 2.05) is 0 Å². The Bertz CT molecular complexity index is 736. The van der Waals surface area contributed by atoms with Crippen molar-refractivity contribution in [3.8, 4) is 0 Å². The number of hydrogen-bond acceptors (Lipinski definition) is 9. The summed E-state index contributed by atoms with van der Waals surface area (Å²) in [6.45, 7) is 2.10. The molecule has 0 aromatic carbocycles. The molecule has 2 heterocycles. The molecule has 0 unspecified atom stereocenters. The molecule has 9 nitrogen and oxygen atoms in total. The van der Waals surface area contributed by atoms with Crippen molar-refractivity contribution in [2.75, 3.05) is 13.7 Å². The van der Waals surface area contributed by atoms with Crippen LogP contribution >= 0.6 is 11.3 Å².